The van der Waals surface area contributed by atoms with Crippen molar-refractivity contribution in [1.82, 2.24) is 0 Å². The molecular weight excluding hydrogens is 411 g/mol. The third-order valence-electron chi connectivity index (χ3n) is 4.85. The molecule has 0 aliphatic heterocycles. The van der Waals surface area contributed by atoms with Crippen LogP contribution in [0.5, 0.6) is 0 Å². The Morgan fingerprint density at radius 3 is 1.28 bits per heavy atom. The molecule has 3 rings (SSSR count). The van der Waals surface area contributed by atoms with Crippen molar-refractivity contribution in [3.8, 4) is 0 Å². The summed E-state index contributed by atoms with van der Waals surface area (Å²) >= 11 is 10.4. The van der Waals surface area contributed by atoms with E-state index in [0.717, 1.165) is 19.0 Å². The van der Waals surface area contributed by atoms with Crippen LogP contribution in [0.15, 0.2) is 91.0 Å². The average molecular weight is 434 g/mol. The summed E-state index contributed by atoms with van der Waals surface area (Å²) in [6.07, 6.45) is 3.18. The zero-order chi connectivity index (χ0) is 17.6. The molecule has 3 aromatic carbocycles. The van der Waals surface area contributed by atoms with Gasteiger partial charge >= 0.3 is 164 Å². The van der Waals surface area contributed by atoms with E-state index >= 15 is 0 Å². The van der Waals surface area contributed by atoms with Gasteiger partial charge < -0.3 is 0 Å². The monoisotopic (exact) mass is 432 g/mol. The van der Waals surface area contributed by atoms with Crippen LogP contribution < -0.4 is 15.9 Å². The van der Waals surface area contributed by atoms with Crippen LogP contribution >= 0.6 is 32.4 Å². The molecule has 3 heteroatoms. The van der Waals surface area contributed by atoms with Crippen LogP contribution in [0, 0.1) is 0 Å². The fraction of sp³-hybridized carbons (Fsp3) is 0.182. The molecule has 0 bridgehead atoms. The van der Waals surface area contributed by atoms with E-state index in [4.69, 9.17) is 11.6 Å². The van der Waals surface area contributed by atoms with Gasteiger partial charge in [-0.25, -0.2) is 0 Å². The van der Waals surface area contributed by atoms with E-state index in [2.05, 4.69) is 106 Å². The molecule has 0 aromatic heterocycles. The van der Waals surface area contributed by atoms with Gasteiger partial charge in [-0.1, -0.05) is 0 Å². The number of benzene rings is 3. The molecule has 0 saturated heterocycles. The summed E-state index contributed by atoms with van der Waals surface area (Å²) in [6, 6.07) is 32.8. The molecule has 0 unspecified atom stereocenters. The standard InChI is InChI=1S/C22H23BrClP/c23-25(19-11-10-18-24,20-12-4-1-5-13-20,21-14-6-2-7-15-21)22-16-8-3-9-17-22/h1-9,12-17H,10-11,18-19H2. The quantitative estimate of drug-likeness (QED) is 0.249. The minimum absolute atomic E-state index is 0.706. The number of halogens is 2. The van der Waals surface area contributed by atoms with Crippen molar-refractivity contribution in [3.05, 3.63) is 91.0 Å². The van der Waals surface area contributed by atoms with Crippen molar-refractivity contribution in [1.29, 1.82) is 0 Å². The summed E-state index contributed by atoms with van der Waals surface area (Å²) in [5.74, 6) is 0.706. The van der Waals surface area contributed by atoms with Crippen LogP contribution in [-0.4, -0.2) is 12.0 Å². The van der Waals surface area contributed by atoms with Gasteiger partial charge in [0.05, 0.1) is 0 Å². The topological polar surface area (TPSA) is 0 Å². The van der Waals surface area contributed by atoms with Gasteiger partial charge in [0.15, 0.2) is 0 Å². The van der Waals surface area contributed by atoms with Gasteiger partial charge in [-0.15, -0.1) is 0 Å². The van der Waals surface area contributed by atoms with Gasteiger partial charge in [-0.2, -0.15) is 0 Å². The van der Waals surface area contributed by atoms with E-state index in [1.54, 1.807) is 0 Å². The first-order chi connectivity index (χ1) is 12.2. The van der Waals surface area contributed by atoms with Crippen molar-refractivity contribution in [3.63, 3.8) is 0 Å². The van der Waals surface area contributed by atoms with E-state index in [9.17, 15) is 0 Å². The van der Waals surface area contributed by atoms with Gasteiger partial charge in [0.2, 0.25) is 0 Å². The Balaban J connectivity index is 2.32. The van der Waals surface area contributed by atoms with E-state index in [1.807, 2.05) is 0 Å². The Hall–Kier alpha value is -1.14. The molecule has 0 atom stereocenters. The van der Waals surface area contributed by atoms with Crippen LogP contribution in [0.1, 0.15) is 12.8 Å². The summed E-state index contributed by atoms with van der Waals surface area (Å²) < 4.78 is 0. The Bertz CT molecular complexity index is 691. The molecule has 0 aliphatic carbocycles. The van der Waals surface area contributed by atoms with Crippen molar-refractivity contribution in [2.75, 3.05) is 12.0 Å². The van der Waals surface area contributed by atoms with E-state index in [0.29, 0.717) is 5.88 Å². The van der Waals surface area contributed by atoms with Crippen LogP contribution in [0.25, 0.3) is 0 Å². The molecule has 0 radical (unpaired) electrons. The number of rotatable bonds is 7. The maximum atomic E-state index is 6.01. The van der Waals surface area contributed by atoms with E-state index in [1.165, 1.54) is 15.9 Å². The molecule has 0 N–H and O–H groups in total. The van der Waals surface area contributed by atoms with Gasteiger partial charge in [0.25, 0.3) is 0 Å². The second-order valence-electron chi connectivity index (χ2n) is 6.31. The van der Waals surface area contributed by atoms with Gasteiger partial charge in [0.1, 0.15) is 0 Å². The normalized spacial score (nSPS) is 13.1. The van der Waals surface area contributed by atoms with Gasteiger partial charge in [0, 0.05) is 0 Å². The molecule has 25 heavy (non-hydrogen) atoms. The second kappa shape index (κ2) is 8.04. The second-order valence-corrected chi connectivity index (χ2v) is 15.7. The Morgan fingerprint density at radius 1 is 0.600 bits per heavy atom. The Morgan fingerprint density at radius 2 is 0.960 bits per heavy atom. The van der Waals surface area contributed by atoms with Crippen LogP contribution in [0.2, 0.25) is 0 Å². The van der Waals surface area contributed by atoms with Gasteiger partial charge in [-0.3, -0.25) is 0 Å². The predicted octanol–water partition coefficient (Wildman–Crippen LogP) is 5.85. The van der Waals surface area contributed by atoms with Gasteiger partial charge in [-0.05, 0) is 0 Å². The minimum atomic E-state index is -2.72. The van der Waals surface area contributed by atoms with E-state index < -0.39 is 5.31 Å². The van der Waals surface area contributed by atoms with Crippen LogP contribution in [0.3, 0.4) is 0 Å². The summed E-state index contributed by atoms with van der Waals surface area (Å²) in [4.78, 5) is 0. The first-order valence-electron chi connectivity index (χ1n) is 8.66. The number of hydrogen-bond acceptors (Lipinski definition) is 0. The molecule has 0 saturated carbocycles. The third kappa shape index (κ3) is 3.43. The molecule has 0 heterocycles. The Labute approximate surface area is 163 Å². The molecule has 0 spiro atoms. The van der Waals surface area contributed by atoms with Crippen molar-refractivity contribution in [2.45, 2.75) is 12.8 Å². The first-order valence-corrected chi connectivity index (χ1v) is 13.6. The molecular formula is C22H23BrClP. The maximum absolute atomic E-state index is 6.01. The average Bonchev–Trinajstić information content (AvgIpc) is 2.70. The molecule has 0 amide bonds. The number of unbranched alkanes of at least 4 members (excludes halogenated alkanes) is 1. The van der Waals surface area contributed by atoms with Crippen LogP contribution in [-0.2, 0) is 0 Å². The molecule has 0 nitrogen and oxygen atoms in total. The number of alkyl halides is 1. The number of hydrogen-bond donors (Lipinski definition) is 0. The van der Waals surface area contributed by atoms with Crippen molar-refractivity contribution >= 4 is 48.3 Å². The first kappa shape index (κ1) is 18.6. The predicted molar refractivity (Wildman–Crippen MR) is 119 cm³/mol. The zero-order valence-electron chi connectivity index (χ0n) is 14.2. The fourth-order valence-electron chi connectivity index (χ4n) is 3.55. The Kier molecular flexibility index (Phi) is 6.00. The SMILES string of the molecule is ClCCCCP(Br)(c1ccccc1)(c1ccccc1)c1ccccc1. The van der Waals surface area contributed by atoms with Crippen molar-refractivity contribution < 1.29 is 0 Å². The zero-order valence-corrected chi connectivity index (χ0v) is 17.4. The molecule has 130 valence electrons. The van der Waals surface area contributed by atoms with Crippen molar-refractivity contribution in [2.24, 2.45) is 0 Å². The summed E-state index contributed by atoms with van der Waals surface area (Å²) in [5.41, 5.74) is 0. The molecule has 0 fully saturated rings. The van der Waals surface area contributed by atoms with E-state index in [-0.39, 0.29) is 0 Å². The summed E-state index contributed by atoms with van der Waals surface area (Å²) in [5, 5.41) is 1.41. The third-order valence-corrected chi connectivity index (χ3v) is 15.1. The van der Waals surface area contributed by atoms with Crippen LogP contribution in [0.4, 0.5) is 0 Å². The fourth-order valence-corrected chi connectivity index (χ4v) is 11.5. The summed E-state index contributed by atoms with van der Waals surface area (Å²) in [7, 11) is 0. The summed E-state index contributed by atoms with van der Waals surface area (Å²) in [6.45, 7) is 0. The molecule has 3 aromatic rings. The molecule has 0 aliphatic rings.